The lowest BCUT2D eigenvalue weighted by atomic mass is 10.3. The van der Waals surface area contributed by atoms with Crippen LogP contribution in [0.25, 0.3) is 0 Å². The Labute approximate surface area is 124 Å². The van der Waals surface area contributed by atoms with E-state index in [-0.39, 0.29) is 11.4 Å². The summed E-state index contributed by atoms with van der Waals surface area (Å²) >= 11 is 1.41. The minimum absolute atomic E-state index is 0.129. The van der Waals surface area contributed by atoms with Gasteiger partial charge in [0.05, 0.1) is 14.8 Å². The van der Waals surface area contributed by atoms with Crippen LogP contribution in [0.3, 0.4) is 0 Å². The Morgan fingerprint density at radius 3 is 2.81 bits per heavy atom. The fraction of sp³-hybridized carbons (Fsp3) is 0.182. The largest absolute Gasteiger partial charge is 0.502 e. The molecule has 21 heavy (non-hydrogen) atoms. The number of nitro benzene ring substituents is 1. The molecule has 0 fully saturated rings. The van der Waals surface area contributed by atoms with Crippen LogP contribution in [0.15, 0.2) is 34.7 Å². The van der Waals surface area contributed by atoms with Crippen molar-refractivity contribution in [2.75, 3.05) is 6.54 Å². The minimum Gasteiger partial charge on any atom is -0.502 e. The normalized spacial score (nSPS) is 11.4. The zero-order valence-electron chi connectivity index (χ0n) is 10.6. The van der Waals surface area contributed by atoms with Crippen molar-refractivity contribution < 1.29 is 18.4 Å². The second kappa shape index (κ2) is 6.16. The van der Waals surface area contributed by atoms with E-state index in [1.807, 2.05) is 0 Å². The molecule has 1 heterocycles. The van der Waals surface area contributed by atoms with Crippen molar-refractivity contribution in [3.63, 3.8) is 0 Å². The SMILES string of the molecule is O=[N+]([O-])c1cc(S(=O)(=O)NCCc2nccs2)ccc1O. The third-order valence-corrected chi connectivity index (χ3v) is 4.87. The van der Waals surface area contributed by atoms with E-state index in [0.29, 0.717) is 6.42 Å². The molecule has 0 aliphatic rings. The Balaban J connectivity index is 2.12. The summed E-state index contributed by atoms with van der Waals surface area (Å²) in [6, 6.07) is 2.91. The van der Waals surface area contributed by atoms with Crippen LogP contribution in [-0.2, 0) is 16.4 Å². The molecule has 10 heteroatoms. The number of hydrogen-bond acceptors (Lipinski definition) is 7. The Morgan fingerprint density at radius 2 is 2.19 bits per heavy atom. The van der Waals surface area contributed by atoms with Gasteiger partial charge in [0.15, 0.2) is 5.75 Å². The first kappa shape index (κ1) is 15.4. The molecule has 0 unspecified atom stereocenters. The van der Waals surface area contributed by atoms with Gasteiger partial charge in [0.25, 0.3) is 0 Å². The van der Waals surface area contributed by atoms with Crippen molar-refractivity contribution in [3.8, 4) is 5.75 Å². The molecule has 0 saturated carbocycles. The van der Waals surface area contributed by atoms with E-state index in [1.54, 1.807) is 11.6 Å². The molecule has 0 spiro atoms. The predicted octanol–water partition coefficient (Wildman–Crippen LogP) is 1.28. The van der Waals surface area contributed by atoms with Gasteiger partial charge < -0.3 is 5.11 Å². The lowest BCUT2D eigenvalue weighted by Crippen LogP contribution is -2.26. The molecule has 0 radical (unpaired) electrons. The molecule has 0 atom stereocenters. The first-order valence-electron chi connectivity index (χ1n) is 5.75. The molecule has 0 aliphatic heterocycles. The minimum atomic E-state index is -3.87. The van der Waals surface area contributed by atoms with Crippen LogP contribution in [0, 0.1) is 10.1 Å². The smallest absolute Gasteiger partial charge is 0.312 e. The van der Waals surface area contributed by atoms with Gasteiger partial charge in [-0.3, -0.25) is 10.1 Å². The highest BCUT2D eigenvalue weighted by atomic mass is 32.2. The lowest BCUT2D eigenvalue weighted by molar-refractivity contribution is -0.386. The number of sulfonamides is 1. The van der Waals surface area contributed by atoms with Crippen molar-refractivity contribution >= 4 is 27.0 Å². The van der Waals surface area contributed by atoms with Crippen molar-refractivity contribution in [3.05, 3.63) is 44.9 Å². The second-order valence-electron chi connectivity index (χ2n) is 3.98. The fourth-order valence-electron chi connectivity index (χ4n) is 1.57. The van der Waals surface area contributed by atoms with Crippen LogP contribution in [-0.4, -0.2) is 30.0 Å². The number of rotatable bonds is 6. The summed E-state index contributed by atoms with van der Waals surface area (Å²) in [6.45, 7) is 0.129. The lowest BCUT2D eigenvalue weighted by Gasteiger charge is -2.06. The van der Waals surface area contributed by atoms with Gasteiger partial charge in [0.1, 0.15) is 0 Å². The first-order chi connectivity index (χ1) is 9.90. The summed E-state index contributed by atoms with van der Waals surface area (Å²) in [5, 5.41) is 22.6. The van der Waals surface area contributed by atoms with Gasteiger partial charge >= 0.3 is 5.69 Å². The van der Waals surface area contributed by atoms with Crippen molar-refractivity contribution in [2.45, 2.75) is 11.3 Å². The summed E-state index contributed by atoms with van der Waals surface area (Å²) in [4.78, 5) is 13.6. The molecule has 1 aromatic carbocycles. The van der Waals surface area contributed by atoms with Crippen LogP contribution >= 0.6 is 11.3 Å². The summed E-state index contributed by atoms with van der Waals surface area (Å²) in [7, 11) is -3.87. The molecular formula is C11H11N3O5S2. The van der Waals surface area contributed by atoms with Crippen LogP contribution in [0.5, 0.6) is 5.75 Å². The highest BCUT2D eigenvalue weighted by Gasteiger charge is 2.20. The Hall–Kier alpha value is -2.04. The van der Waals surface area contributed by atoms with Gasteiger partial charge in [-0.1, -0.05) is 0 Å². The van der Waals surface area contributed by atoms with E-state index in [2.05, 4.69) is 9.71 Å². The highest BCUT2D eigenvalue weighted by molar-refractivity contribution is 7.89. The molecule has 0 amide bonds. The summed E-state index contributed by atoms with van der Waals surface area (Å²) in [5.74, 6) is -0.582. The number of aromatic hydroxyl groups is 1. The van der Waals surface area contributed by atoms with E-state index >= 15 is 0 Å². The van der Waals surface area contributed by atoms with Gasteiger partial charge in [-0.25, -0.2) is 18.1 Å². The topological polar surface area (TPSA) is 122 Å². The van der Waals surface area contributed by atoms with Crippen molar-refractivity contribution in [1.29, 1.82) is 0 Å². The van der Waals surface area contributed by atoms with Gasteiger partial charge in [-0.2, -0.15) is 0 Å². The van der Waals surface area contributed by atoms with E-state index in [9.17, 15) is 23.6 Å². The van der Waals surface area contributed by atoms with E-state index in [0.717, 1.165) is 23.2 Å². The summed E-state index contributed by atoms with van der Waals surface area (Å²) in [5.41, 5.74) is -0.655. The fourth-order valence-corrected chi connectivity index (χ4v) is 3.24. The molecule has 2 aromatic rings. The van der Waals surface area contributed by atoms with Crippen LogP contribution in [0.2, 0.25) is 0 Å². The van der Waals surface area contributed by atoms with E-state index in [1.165, 1.54) is 11.3 Å². The Bertz CT molecular complexity index is 743. The number of phenols is 1. The molecule has 0 saturated heterocycles. The molecule has 1 aromatic heterocycles. The third-order valence-electron chi connectivity index (χ3n) is 2.57. The van der Waals surface area contributed by atoms with Gasteiger partial charge in [-0.15, -0.1) is 11.3 Å². The summed E-state index contributed by atoms with van der Waals surface area (Å²) in [6.07, 6.45) is 2.05. The molecule has 2 rings (SSSR count). The maximum Gasteiger partial charge on any atom is 0.312 e. The number of phenolic OH excluding ortho intramolecular Hbond substituents is 1. The number of nitrogens with one attached hydrogen (secondary N) is 1. The average Bonchev–Trinajstić information content (AvgIpc) is 2.91. The van der Waals surface area contributed by atoms with E-state index in [4.69, 9.17) is 0 Å². The number of hydrogen-bond donors (Lipinski definition) is 2. The predicted molar refractivity (Wildman–Crippen MR) is 75.8 cm³/mol. The average molecular weight is 329 g/mol. The third kappa shape index (κ3) is 3.74. The number of thiazole rings is 1. The van der Waals surface area contributed by atoms with Crippen LogP contribution < -0.4 is 4.72 Å². The van der Waals surface area contributed by atoms with Crippen LogP contribution in [0.1, 0.15) is 5.01 Å². The Kier molecular flexibility index (Phi) is 4.50. The highest BCUT2D eigenvalue weighted by Crippen LogP contribution is 2.28. The van der Waals surface area contributed by atoms with Crippen molar-refractivity contribution in [2.24, 2.45) is 0 Å². The quantitative estimate of drug-likeness (QED) is 0.608. The second-order valence-corrected chi connectivity index (χ2v) is 6.73. The van der Waals surface area contributed by atoms with Gasteiger partial charge in [0, 0.05) is 30.6 Å². The molecular weight excluding hydrogens is 318 g/mol. The van der Waals surface area contributed by atoms with Gasteiger partial charge in [0.2, 0.25) is 10.0 Å². The zero-order valence-corrected chi connectivity index (χ0v) is 12.2. The Morgan fingerprint density at radius 1 is 1.43 bits per heavy atom. The molecule has 112 valence electrons. The maximum absolute atomic E-state index is 12.0. The number of benzene rings is 1. The zero-order chi connectivity index (χ0) is 15.5. The molecule has 0 aliphatic carbocycles. The number of nitrogens with zero attached hydrogens (tertiary/aromatic N) is 2. The monoisotopic (exact) mass is 329 g/mol. The number of nitro groups is 1. The standard InChI is InChI=1S/C11H11N3O5S2/c15-10-2-1-8(7-9(10)14(16)17)21(18,19)13-4-3-11-12-5-6-20-11/h1-2,5-7,13,15H,3-4H2. The maximum atomic E-state index is 12.0. The number of aromatic nitrogens is 1. The first-order valence-corrected chi connectivity index (χ1v) is 8.12. The van der Waals surface area contributed by atoms with Crippen LogP contribution in [0.4, 0.5) is 5.69 Å². The molecule has 2 N–H and O–H groups in total. The van der Waals surface area contributed by atoms with E-state index < -0.39 is 26.4 Å². The summed E-state index contributed by atoms with van der Waals surface area (Å²) < 4.78 is 26.4. The van der Waals surface area contributed by atoms with Gasteiger partial charge in [-0.05, 0) is 12.1 Å². The molecule has 8 nitrogen and oxygen atoms in total. The molecule has 0 bridgehead atoms. The van der Waals surface area contributed by atoms with Crippen molar-refractivity contribution in [1.82, 2.24) is 9.71 Å².